The maximum absolute atomic E-state index is 14.3. The van der Waals surface area contributed by atoms with Crippen LogP contribution in [0, 0.1) is 16.0 Å². The van der Waals surface area contributed by atoms with Crippen LogP contribution < -0.4 is 16.0 Å². The Hall–Kier alpha value is -5.21. The quantitative estimate of drug-likeness (QED) is 0.0700. The monoisotopic (exact) mass is 735 g/mol. The number of hydrogen-bond acceptors (Lipinski definition) is 9. The smallest absolute Gasteiger partial charge is 0.329 e. The first-order chi connectivity index (χ1) is 25.5. The number of ether oxygens (including phenoxy) is 1. The number of rotatable bonds is 19. The first-order valence-corrected chi connectivity index (χ1v) is 18.5. The van der Waals surface area contributed by atoms with Gasteiger partial charge in [0.15, 0.2) is 0 Å². The number of benzene rings is 1. The fraction of sp³-hybridized carbons (Fsp3) is 0.553. The molecule has 288 valence electrons. The normalized spacial score (nSPS) is 14.8. The van der Waals surface area contributed by atoms with Crippen molar-refractivity contribution >= 4 is 34.7 Å². The third kappa shape index (κ3) is 13.1. The molecule has 0 radical (unpaired) electrons. The number of urea groups is 1. The van der Waals surface area contributed by atoms with Gasteiger partial charge in [0, 0.05) is 62.0 Å². The van der Waals surface area contributed by atoms with Crippen molar-refractivity contribution in [2.45, 2.75) is 96.2 Å². The van der Waals surface area contributed by atoms with Crippen molar-refractivity contribution in [2.75, 3.05) is 26.3 Å². The highest BCUT2D eigenvalue weighted by Crippen LogP contribution is 2.22. The summed E-state index contributed by atoms with van der Waals surface area (Å²) in [5.74, 6) is -1.70. The number of aryl methyl sites for hydroxylation is 1. The summed E-state index contributed by atoms with van der Waals surface area (Å²) >= 11 is 0. The van der Waals surface area contributed by atoms with E-state index in [0.29, 0.717) is 44.5 Å². The van der Waals surface area contributed by atoms with E-state index >= 15 is 0 Å². The van der Waals surface area contributed by atoms with Crippen LogP contribution in [0.5, 0.6) is 0 Å². The number of hydrogen-bond donors (Lipinski definition) is 3. The zero-order chi connectivity index (χ0) is 38.2. The second-order valence-corrected chi connectivity index (χ2v) is 14.0. The van der Waals surface area contributed by atoms with Gasteiger partial charge in [-0.3, -0.25) is 14.6 Å². The lowest BCUT2D eigenvalue weighted by molar-refractivity contribution is -0.757. The van der Waals surface area contributed by atoms with Crippen LogP contribution in [0.3, 0.4) is 0 Å². The van der Waals surface area contributed by atoms with E-state index < -0.39 is 41.0 Å². The van der Waals surface area contributed by atoms with Gasteiger partial charge in [-0.05, 0) is 68.2 Å². The Morgan fingerprint density at radius 2 is 1.53 bits per heavy atom. The SMILES string of the molecule is CC(C)CC(NC(=O)N1CCCCCC1)C(=O)NC(Cc1cn(C)c2ccccc12)C(=O)N[C@H](Cc1ccccn1)C(=O)OCCCCCO[N+](=O)[O-]. The summed E-state index contributed by atoms with van der Waals surface area (Å²) in [6.07, 6.45) is 9.34. The molecule has 1 saturated heterocycles. The highest BCUT2D eigenvalue weighted by Gasteiger charge is 2.32. The number of fused-ring (bicyclic) bond motifs is 1. The number of amides is 4. The number of para-hydroxylation sites is 1. The molecule has 15 heteroatoms. The van der Waals surface area contributed by atoms with E-state index in [1.807, 2.05) is 55.9 Å². The predicted octanol–water partition coefficient (Wildman–Crippen LogP) is 4.25. The molecule has 4 amide bonds. The highest BCUT2D eigenvalue weighted by molar-refractivity contribution is 5.94. The fourth-order valence-electron chi connectivity index (χ4n) is 6.49. The summed E-state index contributed by atoms with van der Waals surface area (Å²) in [5, 5.41) is 19.2. The third-order valence-electron chi connectivity index (χ3n) is 9.22. The van der Waals surface area contributed by atoms with Crippen LogP contribution >= 0.6 is 0 Å². The molecule has 3 atom stereocenters. The number of likely N-dealkylation sites (tertiary alicyclic amines) is 1. The Morgan fingerprint density at radius 3 is 2.23 bits per heavy atom. The number of aromatic nitrogens is 2. The van der Waals surface area contributed by atoms with E-state index in [1.165, 1.54) is 0 Å². The Bertz CT molecular complexity index is 1660. The molecule has 15 nitrogen and oxygen atoms in total. The van der Waals surface area contributed by atoms with Gasteiger partial charge >= 0.3 is 12.0 Å². The molecule has 2 unspecified atom stereocenters. The molecule has 0 spiro atoms. The lowest BCUT2D eigenvalue weighted by atomic mass is 10.0. The standard InChI is InChI=1S/C38H53N7O8/c1-27(2)23-31(42-38(49)44-19-11-4-5-12-20-44)35(46)40-32(24-28-26-43(3)34-17-8-7-16-30(28)34)36(47)41-33(25-29-15-9-10-18-39-29)37(48)52-21-13-6-14-22-53-45(50)51/h7-10,15-18,26-27,31-33H,4-6,11-14,19-25H2,1-3H3,(H,40,46)(H,41,47)(H,42,49)/t31?,32?,33-/m1/s1. The zero-order valence-corrected chi connectivity index (χ0v) is 31.0. The van der Waals surface area contributed by atoms with Gasteiger partial charge in [-0.25, -0.2) is 9.59 Å². The molecule has 3 aromatic rings. The average Bonchev–Trinajstić information content (AvgIpc) is 3.27. The van der Waals surface area contributed by atoms with E-state index in [0.717, 1.165) is 42.1 Å². The molecule has 0 bridgehead atoms. The van der Waals surface area contributed by atoms with Gasteiger partial charge in [-0.1, -0.05) is 51.0 Å². The van der Waals surface area contributed by atoms with Gasteiger partial charge in [0.25, 0.3) is 5.09 Å². The summed E-state index contributed by atoms with van der Waals surface area (Å²) in [7, 11) is 1.91. The summed E-state index contributed by atoms with van der Waals surface area (Å²) in [4.78, 5) is 75.9. The largest absolute Gasteiger partial charge is 0.464 e. The van der Waals surface area contributed by atoms with E-state index in [4.69, 9.17) is 4.74 Å². The van der Waals surface area contributed by atoms with Gasteiger partial charge in [-0.2, -0.15) is 0 Å². The van der Waals surface area contributed by atoms with Crippen molar-refractivity contribution in [2.24, 2.45) is 13.0 Å². The lowest BCUT2D eigenvalue weighted by Gasteiger charge is -2.28. The number of pyridine rings is 1. The summed E-state index contributed by atoms with van der Waals surface area (Å²) < 4.78 is 7.49. The number of esters is 1. The predicted molar refractivity (Wildman–Crippen MR) is 198 cm³/mol. The maximum Gasteiger partial charge on any atom is 0.329 e. The minimum absolute atomic E-state index is 0.0374. The molecule has 53 heavy (non-hydrogen) atoms. The van der Waals surface area contributed by atoms with Crippen LogP contribution in [0.1, 0.15) is 76.5 Å². The van der Waals surface area contributed by atoms with E-state index in [1.54, 1.807) is 29.3 Å². The second-order valence-electron chi connectivity index (χ2n) is 14.0. The summed E-state index contributed by atoms with van der Waals surface area (Å²) in [6.45, 7) is 5.16. The summed E-state index contributed by atoms with van der Waals surface area (Å²) in [6, 6.07) is 9.58. The van der Waals surface area contributed by atoms with E-state index in [2.05, 4.69) is 25.8 Å². The molecule has 0 saturated carbocycles. The molecule has 1 aliphatic rings. The minimum atomic E-state index is -1.13. The van der Waals surface area contributed by atoms with Gasteiger partial charge in [0.1, 0.15) is 18.1 Å². The first-order valence-electron chi connectivity index (χ1n) is 18.5. The molecule has 1 aromatic carbocycles. The highest BCUT2D eigenvalue weighted by atomic mass is 16.9. The van der Waals surface area contributed by atoms with Gasteiger partial charge in [-0.15, -0.1) is 10.1 Å². The number of nitrogens with one attached hydrogen (secondary N) is 3. The maximum atomic E-state index is 14.3. The van der Waals surface area contributed by atoms with Crippen LogP contribution in [0.2, 0.25) is 0 Å². The van der Waals surface area contributed by atoms with Crippen LogP contribution in [-0.4, -0.2) is 87.8 Å². The van der Waals surface area contributed by atoms with Gasteiger partial charge in [0.05, 0.1) is 13.2 Å². The van der Waals surface area contributed by atoms with Gasteiger partial charge < -0.3 is 35.0 Å². The Kier molecular flexibility index (Phi) is 15.9. The van der Waals surface area contributed by atoms with Crippen molar-refractivity contribution in [3.05, 3.63) is 76.2 Å². The third-order valence-corrected chi connectivity index (χ3v) is 9.22. The second kappa shape index (κ2) is 20.7. The van der Waals surface area contributed by atoms with Crippen molar-refractivity contribution in [3.8, 4) is 0 Å². The van der Waals surface area contributed by atoms with E-state index in [-0.39, 0.29) is 38.0 Å². The van der Waals surface area contributed by atoms with Crippen LogP contribution in [0.25, 0.3) is 10.9 Å². The molecule has 3 heterocycles. The van der Waals surface area contributed by atoms with Crippen LogP contribution in [-0.2, 0) is 43.8 Å². The van der Waals surface area contributed by atoms with Crippen molar-refractivity contribution in [3.63, 3.8) is 0 Å². The summed E-state index contributed by atoms with van der Waals surface area (Å²) in [5.41, 5.74) is 2.33. The molecular weight excluding hydrogens is 682 g/mol. The Labute approximate surface area is 310 Å². The Morgan fingerprint density at radius 1 is 0.849 bits per heavy atom. The molecule has 4 rings (SSSR count). The fourth-order valence-corrected chi connectivity index (χ4v) is 6.49. The zero-order valence-electron chi connectivity index (χ0n) is 31.0. The molecule has 1 fully saturated rings. The number of carbonyl (C=O) groups excluding carboxylic acids is 4. The van der Waals surface area contributed by atoms with Crippen molar-refractivity contribution < 1.29 is 33.8 Å². The number of unbranched alkanes of at least 4 members (excludes halogenated alkanes) is 2. The van der Waals surface area contributed by atoms with Crippen LogP contribution in [0.15, 0.2) is 54.9 Å². The average molecular weight is 736 g/mol. The van der Waals surface area contributed by atoms with Crippen molar-refractivity contribution in [1.82, 2.24) is 30.4 Å². The number of nitrogens with zero attached hydrogens (tertiary/aromatic N) is 4. The molecule has 0 aliphatic carbocycles. The van der Waals surface area contributed by atoms with E-state index in [9.17, 15) is 29.3 Å². The minimum Gasteiger partial charge on any atom is -0.464 e. The molecule has 1 aliphatic heterocycles. The molecular formula is C38H53N7O8. The van der Waals surface area contributed by atoms with Gasteiger partial charge in [0.2, 0.25) is 11.8 Å². The lowest BCUT2D eigenvalue weighted by Crippen LogP contribution is -2.58. The topological polar surface area (TPSA) is 187 Å². The molecule has 3 N–H and O–H groups in total. The number of carbonyl (C=O) groups is 4. The van der Waals surface area contributed by atoms with Crippen molar-refractivity contribution in [1.29, 1.82) is 0 Å². The first kappa shape index (κ1) is 40.6. The molecule has 2 aromatic heterocycles. The van der Waals surface area contributed by atoms with Crippen LogP contribution in [0.4, 0.5) is 4.79 Å². The Balaban J connectivity index is 1.54.